The van der Waals surface area contributed by atoms with Crippen molar-refractivity contribution < 1.29 is 19.0 Å². The van der Waals surface area contributed by atoms with Gasteiger partial charge in [-0.05, 0) is 25.4 Å². The van der Waals surface area contributed by atoms with Crippen LogP contribution in [0.5, 0.6) is 0 Å². The fourth-order valence-corrected chi connectivity index (χ4v) is 7.45. The lowest BCUT2D eigenvalue weighted by Crippen LogP contribution is -2.38. The molecule has 7 nitrogen and oxygen atoms in total. The number of thioether (sulfide) groups is 1. The Morgan fingerprint density at radius 1 is 1.50 bits per heavy atom. The van der Waals surface area contributed by atoms with Gasteiger partial charge >= 0.3 is 6.57 Å². The van der Waals surface area contributed by atoms with E-state index in [1.807, 2.05) is 11.8 Å². The zero-order valence-electron chi connectivity index (χ0n) is 15.0. The zero-order chi connectivity index (χ0) is 19.0. The van der Waals surface area contributed by atoms with Crippen molar-refractivity contribution in [1.82, 2.24) is 16.0 Å². The zero-order valence-corrected chi connectivity index (χ0v) is 17.5. The van der Waals surface area contributed by atoms with Gasteiger partial charge in [0.1, 0.15) is 0 Å². The number of carbonyl (C=O) groups is 1. The molecule has 0 aliphatic carbocycles. The van der Waals surface area contributed by atoms with Gasteiger partial charge in [-0.2, -0.15) is 11.8 Å². The SMILES string of the molecule is C#CP(=O)(OCC)SCCNC(=O)CCCC[C@@H]1SC[C@@H]2NC(O)N[C@@H]21. The number of unbranched alkanes of at least 4 members (excludes halogenated alkanes) is 1. The second-order valence-electron chi connectivity index (χ2n) is 6.21. The van der Waals surface area contributed by atoms with Gasteiger partial charge in [-0.3, -0.25) is 20.0 Å². The van der Waals surface area contributed by atoms with E-state index in [1.165, 1.54) is 0 Å². The van der Waals surface area contributed by atoms with Gasteiger partial charge in [-0.25, -0.2) is 0 Å². The third kappa shape index (κ3) is 6.75. The Kier molecular flexibility index (Phi) is 9.31. The number of hydrogen-bond acceptors (Lipinski definition) is 8. The molecule has 0 bridgehead atoms. The largest absolute Gasteiger partial charge is 0.365 e. The Hall–Kier alpha value is -0.200. The fourth-order valence-electron chi connectivity index (χ4n) is 3.12. The molecule has 0 aromatic carbocycles. The summed E-state index contributed by atoms with van der Waals surface area (Å²) in [6, 6.07) is 0.662. The molecule has 0 aromatic rings. The molecule has 2 saturated heterocycles. The van der Waals surface area contributed by atoms with Crippen LogP contribution in [0.4, 0.5) is 0 Å². The molecular formula is C16H28N3O4PS2. The maximum atomic E-state index is 12.0. The average molecular weight is 422 g/mol. The third-order valence-corrected chi connectivity index (χ3v) is 9.68. The summed E-state index contributed by atoms with van der Waals surface area (Å²) in [4.78, 5) is 11.9. The summed E-state index contributed by atoms with van der Waals surface area (Å²) >= 11 is 3.02. The van der Waals surface area contributed by atoms with Crippen LogP contribution in [0.2, 0.25) is 0 Å². The highest BCUT2D eigenvalue weighted by Gasteiger charge is 2.42. The van der Waals surface area contributed by atoms with E-state index in [2.05, 4.69) is 21.6 Å². The number of nitrogens with one attached hydrogen (secondary N) is 3. The van der Waals surface area contributed by atoms with Crippen LogP contribution in [0.15, 0.2) is 0 Å². The van der Waals surface area contributed by atoms with Gasteiger partial charge in [0, 0.05) is 41.8 Å². The molecule has 0 saturated carbocycles. The number of terminal acetylenes is 1. The van der Waals surface area contributed by atoms with Gasteiger partial charge in [0.2, 0.25) is 5.91 Å². The predicted octanol–water partition coefficient (Wildman–Crippen LogP) is 1.54. The van der Waals surface area contributed by atoms with Crippen LogP contribution in [0.25, 0.3) is 0 Å². The highest BCUT2D eigenvalue weighted by atomic mass is 32.7. The van der Waals surface area contributed by atoms with E-state index in [1.54, 1.807) is 6.92 Å². The molecule has 10 heteroatoms. The Bertz CT molecular complexity index is 560. The van der Waals surface area contributed by atoms with E-state index < -0.39 is 12.9 Å². The molecule has 2 aliphatic rings. The molecule has 2 rings (SSSR count). The maximum absolute atomic E-state index is 12.0. The number of aliphatic hydroxyl groups is 1. The summed E-state index contributed by atoms with van der Waals surface area (Å²) < 4.78 is 17.1. The van der Waals surface area contributed by atoms with E-state index >= 15 is 0 Å². The first kappa shape index (κ1) is 22.1. The van der Waals surface area contributed by atoms with Crippen LogP contribution in [0.3, 0.4) is 0 Å². The van der Waals surface area contributed by atoms with Crippen LogP contribution in [0, 0.1) is 12.1 Å². The normalized spacial score (nSPS) is 29.7. The molecule has 148 valence electrons. The second-order valence-corrected chi connectivity index (χ2v) is 11.9. The number of hydrogen-bond donors (Lipinski definition) is 4. The topological polar surface area (TPSA) is 99.7 Å². The summed E-state index contributed by atoms with van der Waals surface area (Å²) in [5, 5.41) is 19.2. The van der Waals surface area contributed by atoms with E-state index in [4.69, 9.17) is 10.9 Å². The van der Waals surface area contributed by atoms with Gasteiger partial charge in [0.05, 0.1) is 6.61 Å². The van der Waals surface area contributed by atoms with Crippen molar-refractivity contribution in [3.05, 3.63) is 0 Å². The molecule has 0 radical (unpaired) electrons. The van der Waals surface area contributed by atoms with Crippen LogP contribution < -0.4 is 16.0 Å². The quantitative estimate of drug-likeness (QED) is 0.227. The summed E-state index contributed by atoms with van der Waals surface area (Å²) in [6.07, 6.45) is 7.99. The number of rotatable bonds is 11. The molecule has 0 aromatic heterocycles. The lowest BCUT2D eigenvalue weighted by molar-refractivity contribution is -0.121. The maximum Gasteiger partial charge on any atom is 0.329 e. The van der Waals surface area contributed by atoms with Crippen molar-refractivity contribution in [3.63, 3.8) is 0 Å². The Balaban J connectivity index is 1.52. The van der Waals surface area contributed by atoms with Crippen LogP contribution >= 0.6 is 29.7 Å². The minimum atomic E-state index is -3.05. The molecule has 0 spiro atoms. The second kappa shape index (κ2) is 11.0. The van der Waals surface area contributed by atoms with Gasteiger partial charge in [0.15, 0.2) is 6.35 Å². The van der Waals surface area contributed by atoms with E-state index in [9.17, 15) is 14.5 Å². The minimum absolute atomic E-state index is 0.00517. The van der Waals surface area contributed by atoms with Crippen LogP contribution in [0.1, 0.15) is 32.6 Å². The Labute approximate surface area is 163 Å². The first-order chi connectivity index (χ1) is 12.5. The smallest absolute Gasteiger partial charge is 0.329 e. The average Bonchev–Trinajstić information content (AvgIpc) is 3.15. The monoisotopic (exact) mass is 421 g/mol. The standard InChI is InChI=1S/C16H28N3O4PS2/c1-3-23-24(22,4-2)26-10-9-17-14(20)8-6-5-7-13-15-12(11-25-13)18-16(21)19-15/h2,12-13,15-16,18-19,21H,3,5-11H2,1H3,(H,17,20)/t12-,13-,15-,16?,24?/m0/s1. The first-order valence-electron chi connectivity index (χ1n) is 8.93. The van der Waals surface area contributed by atoms with E-state index in [0.717, 1.165) is 36.4 Å². The summed E-state index contributed by atoms with van der Waals surface area (Å²) in [6.45, 7) is -0.562. The number of carbonyl (C=O) groups excluding carboxylic acids is 1. The van der Waals surface area contributed by atoms with Crippen molar-refractivity contribution >= 4 is 35.6 Å². The van der Waals surface area contributed by atoms with E-state index in [-0.39, 0.29) is 5.91 Å². The first-order valence-corrected chi connectivity index (χ1v) is 13.2. The summed E-state index contributed by atoms with van der Waals surface area (Å²) in [5.41, 5.74) is 2.21. The lowest BCUT2D eigenvalue weighted by Gasteiger charge is -2.17. The fraction of sp³-hybridized carbons (Fsp3) is 0.812. The van der Waals surface area contributed by atoms with Crippen molar-refractivity contribution in [2.24, 2.45) is 0 Å². The van der Waals surface area contributed by atoms with Crippen LogP contribution in [-0.2, 0) is 13.9 Å². The summed E-state index contributed by atoms with van der Waals surface area (Å²) in [7, 11) is 0. The van der Waals surface area contributed by atoms with Crippen molar-refractivity contribution in [3.8, 4) is 12.1 Å². The highest BCUT2D eigenvalue weighted by molar-refractivity contribution is 8.58. The van der Waals surface area contributed by atoms with Gasteiger partial charge in [-0.1, -0.05) is 17.8 Å². The van der Waals surface area contributed by atoms with Crippen molar-refractivity contribution in [2.45, 2.75) is 56.3 Å². The third-order valence-electron chi connectivity index (χ3n) is 4.33. The van der Waals surface area contributed by atoms with Crippen molar-refractivity contribution in [2.75, 3.05) is 24.7 Å². The molecular weight excluding hydrogens is 393 g/mol. The number of aliphatic hydroxyl groups excluding tert-OH is 1. The predicted molar refractivity (Wildman–Crippen MR) is 108 cm³/mol. The molecule has 4 N–H and O–H groups in total. The highest BCUT2D eigenvalue weighted by Crippen LogP contribution is 2.58. The molecule has 5 atom stereocenters. The van der Waals surface area contributed by atoms with Gasteiger partial charge in [0.25, 0.3) is 0 Å². The minimum Gasteiger partial charge on any atom is -0.365 e. The Morgan fingerprint density at radius 3 is 3.04 bits per heavy atom. The molecule has 2 fully saturated rings. The lowest BCUT2D eigenvalue weighted by atomic mass is 10.0. The number of fused-ring (bicyclic) bond motifs is 1. The van der Waals surface area contributed by atoms with Gasteiger partial charge < -0.3 is 14.9 Å². The molecule has 26 heavy (non-hydrogen) atoms. The molecule has 2 heterocycles. The van der Waals surface area contributed by atoms with Gasteiger partial charge in [-0.15, -0.1) is 6.42 Å². The number of amides is 1. The molecule has 2 aliphatic heterocycles. The van der Waals surface area contributed by atoms with E-state index in [0.29, 0.717) is 42.7 Å². The summed E-state index contributed by atoms with van der Waals surface area (Å²) in [5.74, 6) is 1.49. The molecule has 1 amide bonds. The Morgan fingerprint density at radius 2 is 2.31 bits per heavy atom. The van der Waals surface area contributed by atoms with Crippen LogP contribution in [-0.4, -0.2) is 59.4 Å². The molecule has 2 unspecified atom stereocenters. The van der Waals surface area contributed by atoms with Crippen molar-refractivity contribution in [1.29, 1.82) is 0 Å².